The molecule has 3 rings (SSSR count). The van der Waals surface area contributed by atoms with E-state index in [1.807, 2.05) is 44.4 Å². The number of likely N-dealkylation sites (tertiary alicyclic amines) is 1. The highest BCUT2D eigenvalue weighted by atomic mass is 127. The Hall–Kier alpha value is -1.87. The van der Waals surface area contributed by atoms with Crippen LogP contribution in [-0.2, 0) is 17.9 Å². The molecule has 2 heterocycles. The minimum absolute atomic E-state index is 0. The smallest absolute Gasteiger partial charge is 0.193 e. The lowest BCUT2D eigenvalue weighted by Crippen LogP contribution is -2.40. The summed E-state index contributed by atoms with van der Waals surface area (Å²) in [4.78, 5) is 13.3. The van der Waals surface area contributed by atoms with Gasteiger partial charge in [-0.3, -0.25) is 4.99 Å². The molecule has 1 saturated heterocycles. The van der Waals surface area contributed by atoms with Gasteiger partial charge in [0.1, 0.15) is 5.82 Å². The van der Waals surface area contributed by atoms with Gasteiger partial charge in [-0.2, -0.15) is 0 Å². The van der Waals surface area contributed by atoms with Crippen molar-refractivity contribution in [2.45, 2.75) is 19.6 Å². The number of halogens is 1. The summed E-state index contributed by atoms with van der Waals surface area (Å²) in [7, 11) is 5.87. The first kappa shape index (κ1) is 23.4. The van der Waals surface area contributed by atoms with Crippen LogP contribution in [0.15, 0.2) is 53.7 Å². The van der Waals surface area contributed by atoms with Gasteiger partial charge in [0.05, 0.1) is 13.2 Å². The molecule has 1 aliphatic rings. The van der Waals surface area contributed by atoms with Crippen LogP contribution in [0, 0.1) is 5.92 Å². The van der Waals surface area contributed by atoms with Gasteiger partial charge in [0, 0.05) is 58.5 Å². The van der Waals surface area contributed by atoms with Crippen molar-refractivity contribution in [1.82, 2.24) is 15.2 Å². The Kier molecular flexibility index (Phi) is 9.66. The van der Waals surface area contributed by atoms with E-state index in [4.69, 9.17) is 4.74 Å². The van der Waals surface area contributed by atoms with Crippen LogP contribution in [0.25, 0.3) is 0 Å². The van der Waals surface area contributed by atoms with Gasteiger partial charge in [-0.25, -0.2) is 4.98 Å². The number of aliphatic imine (C=N–C) groups is 1. The van der Waals surface area contributed by atoms with Crippen molar-refractivity contribution in [3.05, 3.63) is 59.8 Å². The zero-order chi connectivity index (χ0) is 19.8. The van der Waals surface area contributed by atoms with Gasteiger partial charge in [-0.05, 0) is 18.1 Å². The van der Waals surface area contributed by atoms with Crippen molar-refractivity contribution in [2.75, 3.05) is 45.7 Å². The number of aromatic nitrogens is 1. The lowest BCUT2D eigenvalue weighted by molar-refractivity contribution is 0.0906. The second kappa shape index (κ2) is 12.0. The average Bonchev–Trinajstić information content (AvgIpc) is 3.18. The van der Waals surface area contributed by atoms with Crippen LogP contribution in [0.3, 0.4) is 0 Å². The van der Waals surface area contributed by atoms with Crippen LogP contribution in [0.5, 0.6) is 0 Å². The average molecular weight is 509 g/mol. The largest absolute Gasteiger partial charge is 0.376 e. The van der Waals surface area contributed by atoms with Crippen LogP contribution in [-0.4, -0.2) is 56.7 Å². The first-order valence-corrected chi connectivity index (χ1v) is 9.86. The SMILES string of the molecule is CN=C(NCc1cccnc1N(C)C)N1CCC(COCc2ccccc2)C1.I. The third-order valence-electron chi connectivity index (χ3n) is 4.99. The third-order valence-corrected chi connectivity index (χ3v) is 4.99. The number of anilines is 1. The fraction of sp³-hybridized carbons (Fsp3) is 0.455. The lowest BCUT2D eigenvalue weighted by Gasteiger charge is -2.23. The Morgan fingerprint density at radius 2 is 2.03 bits per heavy atom. The Bertz CT molecular complexity index is 769. The van der Waals surface area contributed by atoms with Gasteiger partial charge >= 0.3 is 0 Å². The number of hydrogen-bond acceptors (Lipinski definition) is 4. The Morgan fingerprint density at radius 1 is 1.24 bits per heavy atom. The maximum atomic E-state index is 5.94. The predicted molar refractivity (Wildman–Crippen MR) is 130 cm³/mol. The number of guanidine groups is 1. The Labute approximate surface area is 191 Å². The second-order valence-electron chi connectivity index (χ2n) is 7.38. The maximum Gasteiger partial charge on any atom is 0.193 e. The number of pyridine rings is 1. The fourth-order valence-corrected chi connectivity index (χ4v) is 3.56. The van der Waals surface area contributed by atoms with Crippen molar-refractivity contribution < 1.29 is 4.74 Å². The monoisotopic (exact) mass is 509 g/mol. The first-order valence-electron chi connectivity index (χ1n) is 9.86. The van der Waals surface area contributed by atoms with Gasteiger partial charge in [0.25, 0.3) is 0 Å². The van der Waals surface area contributed by atoms with Crippen molar-refractivity contribution in [1.29, 1.82) is 0 Å². The minimum atomic E-state index is 0. The molecule has 29 heavy (non-hydrogen) atoms. The van der Waals surface area contributed by atoms with Crippen molar-refractivity contribution >= 4 is 35.8 Å². The van der Waals surface area contributed by atoms with E-state index < -0.39 is 0 Å². The number of hydrogen-bond donors (Lipinski definition) is 1. The molecule has 0 saturated carbocycles. The highest BCUT2D eigenvalue weighted by Gasteiger charge is 2.25. The summed E-state index contributed by atoms with van der Waals surface area (Å²) in [6.07, 6.45) is 2.96. The summed E-state index contributed by atoms with van der Waals surface area (Å²) in [5.74, 6) is 2.47. The lowest BCUT2D eigenvalue weighted by atomic mass is 10.1. The molecule has 0 spiro atoms. The van der Waals surface area contributed by atoms with E-state index in [1.165, 1.54) is 5.56 Å². The van der Waals surface area contributed by atoms with Crippen molar-refractivity contribution in [3.8, 4) is 0 Å². The van der Waals surface area contributed by atoms with E-state index in [0.717, 1.165) is 43.5 Å². The summed E-state index contributed by atoms with van der Waals surface area (Å²) in [6, 6.07) is 14.4. The van der Waals surface area contributed by atoms with E-state index in [0.29, 0.717) is 19.1 Å². The van der Waals surface area contributed by atoms with E-state index in [9.17, 15) is 0 Å². The zero-order valence-electron chi connectivity index (χ0n) is 17.5. The zero-order valence-corrected chi connectivity index (χ0v) is 19.9. The third kappa shape index (κ3) is 6.85. The fourth-order valence-electron chi connectivity index (χ4n) is 3.56. The van der Waals surface area contributed by atoms with Crippen LogP contribution in [0.4, 0.5) is 5.82 Å². The van der Waals surface area contributed by atoms with E-state index in [2.05, 4.69) is 50.5 Å². The van der Waals surface area contributed by atoms with E-state index >= 15 is 0 Å². The summed E-state index contributed by atoms with van der Waals surface area (Å²) in [6.45, 7) is 4.16. The normalized spacial score (nSPS) is 16.4. The van der Waals surface area contributed by atoms with Crippen molar-refractivity contribution in [3.63, 3.8) is 0 Å². The topological polar surface area (TPSA) is 53.0 Å². The molecule has 1 aromatic heterocycles. The molecule has 0 radical (unpaired) electrons. The van der Waals surface area contributed by atoms with Crippen LogP contribution < -0.4 is 10.2 Å². The molecule has 1 N–H and O–H groups in total. The van der Waals surface area contributed by atoms with Gasteiger partial charge < -0.3 is 19.9 Å². The summed E-state index contributed by atoms with van der Waals surface area (Å²) in [5, 5.41) is 3.49. The van der Waals surface area contributed by atoms with Crippen molar-refractivity contribution in [2.24, 2.45) is 10.9 Å². The molecule has 1 fully saturated rings. The van der Waals surface area contributed by atoms with Gasteiger partial charge in [-0.1, -0.05) is 36.4 Å². The highest BCUT2D eigenvalue weighted by Crippen LogP contribution is 2.18. The Morgan fingerprint density at radius 3 is 2.76 bits per heavy atom. The maximum absolute atomic E-state index is 5.94. The quantitative estimate of drug-likeness (QED) is 0.353. The number of benzene rings is 1. The molecule has 2 aromatic rings. The highest BCUT2D eigenvalue weighted by molar-refractivity contribution is 14.0. The molecule has 6 nitrogen and oxygen atoms in total. The van der Waals surface area contributed by atoms with Gasteiger partial charge in [-0.15, -0.1) is 24.0 Å². The molecule has 0 aliphatic carbocycles. The summed E-state index contributed by atoms with van der Waals surface area (Å²) < 4.78 is 5.94. The summed E-state index contributed by atoms with van der Waals surface area (Å²) in [5.41, 5.74) is 2.39. The van der Waals surface area contributed by atoms with Gasteiger partial charge in [0.2, 0.25) is 0 Å². The predicted octanol–water partition coefficient (Wildman–Crippen LogP) is 3.38. The first-order chi connectivity index (χ1) is 13.7. The standard InChI is InChI=1S/C22H31N5O.HI/c1-23-22(25-14-20-10-7-12-24-21(20)26(2)3)27-13-11-19(15-27)17-28-16-18-8-5-4-6-9-18;/h4-10,12,19H,11,13-17H2,1-3H3,(H,23,25);1H. The molecule has 1 aromatic carbocycles. The van der Waals surface area contributed by atoms with Crippen LogP contribution >= 0.6 is 24.0 Å². The number of nitrogens with zero attached hydrogens (tertiary/aromatic N) is 4. The minimum Gasteiger partial charge on any atom is -0.376 e. The summed E-state index contributed by atoms with van der Waals surface area (Å²) >= 11 is 0. The molecule has 1 atom stereocenters. The number of nitrogens with one attached hydrogen (secondary N) is 1. The van der Waals surface area contributed by atoms with Crippen LogP contribution in [0.1, 0.15) is 17.5 Å². The molecular weight excluding hydrogens is 477 g/mol. The van der Waals surface area contributed by atoms with E-state index in [-0.39, 0.29) is 24.0 Å². The van der Waals surface area contributed by atoms with Crippen LogP contribution in [0.2, 0.25) is 0 Å². The molecule has 0 amide bonds. The Balaban J connectivity index is 0.00000300. The van der Waals surface area contributed by atoms with E-state index in [1.54, 1.807) is 0 Å². The molecule has 0 bridgehead atoms. The number of rotatable bonds is 7. The molecule has 158 valence electrons. The molecule has 1 aliphatic heterocycles. The van der Waals surface area contributed by atoms with Gasteiger partial charge in [0.15, 0.2) is 5.96 Å². The molecule has 7 heteroatoms. The molecule has 1 unspecified atom stereocenters. The number of ether oxygens (including phenoxy) is 1. The molecular formula is C22H32IN5O. The second-order valence-corrected chi connectivity index (χ2v) is 7.38.